The number of carboxylic acid groups (broad SMARTS) is 1. The van der Waals surface area contributed by atoms with Gasteiger partial charge in [0.15, 0.2) is 9.84 Å². The first-order chi connectivity index (χ1) is 7.90. The molecule has 4 nitrogen and oxygen atoms in total. The van der Waals surface area contributed by atoms with Crippen molar-refractivity contribution in [1.29, 1.82) is 0 Å². The van der Waals surface area contributed by atoms with Crippen molar-refractivity contribution in [2.45, 2.75) is 30.6 Å². The van der Waals surface area contributed by atoms with Gasteiger partial charge in [0, 0.05) is 12.3 Å². The molecule has 0 fully saturated rings. The summed E-state index contributed by atoms with van der Waals surface area (Å²) in [6.45, 7) is 1.90. The van der Waals surface area contributed by atoms with Gasteiger partial charge in [0.05, 0.1) is 10.6 Å². The molecule has 1 unspecified atom stereocenters. The number of carboxylic acids is 1. The molecule has 0 saturated heterocycles. The minimum Gasteiger partial charge on any atom is -0.481 e. The second-order valence-electron chi connectivity index (χ2n) is 4.45. The first kappa shape index (κ1) is 12.1. The number of benzene rings is 1. The summed E-state index contributed by atoms with van der Waals surface area (Å²) in [7, 11) is -3.21. The zero-order valence-electron chi connectivity index (χ0n) is 9.51. The van der Waals surface area contributed by atoms with Crippen LogP contribution >= 0.6 is 0 Å². The Morgan fingerprint density at radius 1 is 1.47 bits per heavy atom. The molecule has 1 heterocycles. The van der Waals surface area contributed by atoms with Crippen molar-refractivity contribution >= 4 is 15.8 Å². The Balaban J connectivity index is 2.36. The maximum absolute atomic E-state index is 11.9. The van der Waals surface area contributed by atoms with E-state index >= 15 is 0 Å². The van der Waals surface area contributed by atoms with E-state index in [-0.39, 0.29) is 18.1 Å². The van der Waals surface area contributed by atoms with Gasteiger partial charge in [-0.25, -0.2) is 8.42 Å². The number of rotatable bonds is 3. The fraction of sp³-hybridized carbons (Fsp3) is 0.417. The van der Waals surface area contributed by atoms with Crippen LogP contribution in [0.5, 0.6) is 0 Å². The van der Waals surface area contributed by atoms with E-state index in [1.165, 1.54) is 0 Å². The lowest BCUT2D eigenvalue weighted by Crippen LogP contribution is -2.06. The number of sulfone groups is 1. The van der Waals surface area contributed by atoms with Gasteiger partial charge in [0.1, 0.15) is 0 Å². The molecule has 0 aliphatic carbocycles. The van der Waals surface area contributed by atoms with E-state index in [9.17, 15) is 13.2 Å². The molecule has 1 aliphatic rings. The Labute approximate surface area is 100 Å². The third-order valence-corrected chi connectivity index (χ3v) is 4.95. The maximum Gasteiger partial charge on any atom is 0.303 e. The van der Waals surface area contributed by atoms with Gasteiger partial charge in [-0.15, -0.1) is 0 Å². The molecule has 5 heteroatoms. The summed E-state index contributed by atoms with van der Waals surface area (Å²) in [5, 5.41) is 8.66. The topological polar surface area (TPSA) is 71.4 Å². The Morgan fingerprint density at radius 2 is 2.18 bits per heavy atom. The lowest BCUT2D eigenvalue weighted by atomic mass is 9.95. The summed E-state index contributed by atoms with van der Waals surface area (Å²) in [6, 6.07) is 5.25. The van der Waals surface area contributed by atoms with Crippen LogP contribution in [0.15, 0.2) is 23.1 Å². The van der Waals surface area contributed by atoms with Gasteiger partial charge < -0.3 is 5.11 Å². The van der Waals surface area contributed by atoms with E-state index in [0.29, 0.717) is 11.3 Å². The largest absolute Gasteiger partial charge is 0.481 e. The summed E-state index contributed by atoms with van der Waals surface area (Å²) in [6.07, 6.45) is 0.387. The number of aryl methyl sites for hydroxylation is 1. The predicted octanol–water partition coefficient (Wildman–Crippen LogP) is 1.73. The van der Waals surface area contributed by atoms with Crippen LogP contribution in [0.1, 0.15) is 29.9 Å². The lowest BCUT2D eigenvalue weighted by Gasteiger charge is -2.08. The van der Waals surface area contributed by atoms with Crippen molar-refractivity contribution in [1.82, 2.24) is 0 Å². The van der Waals surface area contributed by atoms with Crippen LogP contribution in [0, 0.1) is 6.92 Å². The third-order valence-electron chi connectivity index (χ3n) is 3.07. The minimum absolute atomic E-state index is 0.00751. The van der Waals surface area contributed by atoms with Gasteiger partial charge in [0.2, 0.25) is 0 Å². The van der Waals surface area contributed by atoms with Crippen LogP contribution in [0.4, 0.5) is 0 Å². The maximum atomic E-state index is 11.9. The number of carbonyl (C=O) groups is 1. The van der Waals surface area contributed by atoms with E-state index in [2.05, 4.69) is 0 Å². The van der Waals surface area contributed by atoms with Crippen molar-refractivity contribution in [3.8, 4) is 0 Å². The molecule has 0 spiro atoms. The van der Waals surface area contributed by atoms with Gasteiger partial charge in [0.25, 0.3) is 0 Å². The molecule has 1 atom stereocenters. The SMILES string of the molecule is Cc1ccc2c(c1)C(CCC(=O)O)CS2(=O)=O. The second-order valence-corrected chi connectivity index (χ2v) is 6.45. The second kappa shape index (κ2) is 4.14. The van der Waals surface area contributed by atoms with E-state index in [1.807, 2.05) is 13.0 Å². The molecule has 0 saturated carbocycles. The van der Waals surface area contributed by atoms with Crippen LogP contribution in [0.2, 0.25) is 0 Å². The molecule has 0 amide bonds. The van der Waals surface area contributed by atoms with Gasteiger partial charge in [-0.05, 0) is 25.0 Å². The summed E-state index contributed by atoms with van der Waals surface area (Å²) >= 11 is 0. The molecule has 17 heavy (non-hydrogen) atoms. The highest BCUT2D eigenvalue weighted by Gasteiger charge is 2.34. The van der Waals surface area contributed by atoms with E-state index in [4.69, 9.17) is 5.11 Å². The normalized spacial score (nSPS) is 21.1. The number of hydrogen-bond donors (Lipinski definition) is 1. The van der Waals surface area contributed by atoms with Crippen molar-refractivity contribution in [3.63, 3.8) is 0 Å². The average Bonchev–Trinajstić information content (AvgIpc) is 2.47. The molecule has 92 valence electrons. The molecule has 0 bridgehead atoms. The number of hydrogen-bond acceptors (Lipinski definition) is 3. The molecule has 2 rings (SSSR count). The first-order valence-corrected chi connectivity index (χ1v) is 7.10. The summed E-state index contributed by atoms with van der Waals surface area (Å²) in [5.41, 5.74) is 1.78. The standard InChI is InChI=1S/C12H14O4S/c1-8-2-4-11-10(6-8)9(3-5-12(13)14)7-17(11,15)16/h2,4,6,9H,3,5,7H2,1H3,(H,13,14). The minimum atomic E-state index is -3.21. The highest BCUT2D eigenvalue weighted by molar-refractivity contribution is 7.91. The third kappa shape index (κ3) is 2.34. The summed E-state index contributed by atoms with van der Waals surface area (Å²) in [4.78, 5) is 10.9. The van der Waals surface area contributed by atoms with Gasteiger partial charge in [-0.1, -0.05) is 17.7 Å². The highest BCUT2D eigenvalue weighted by atomic mass is 32.2. The summed E-state index contributed by atoms with van der Waals surface area (Å²) in [5.74, 6) is -1.02. The zero-order chi connectivity index (χ0) is 12.6. The monoisotopic (exact) mass is 254 g/mol. The average molecular weight is 254 g/mol. The van der Waals surface area contributed by atoms with Crippen molar-refractivity contribution in [2.75, 3.05) is 5.75 Å². The van der Waals surface area contributed by atoms with E-state index < -0.39 is 15.8 Å². The Kier molecular flexibility index (Phi) is 2.95. The van der Waals surface area contributed by atoms with Crippen LogP contribution in [-0.2, 0) is 14.6 Å². The number of fused-ring (bicyclic) bond motifs is 1. The molecular weight excluding hydrogens is 240 g/mol. The molecule has 1 N–H and O–H groups in total. The molecule has 0 aromatic heterocycles. The van der Waals surface area contributed by atoms with Crippen molar-refractivity contribution in [2.24, 2.45) is 0 Å². The Bertz CT molecular complexity index is 560. The van der Waals surface area contributed by atoms with Crippen molar-refractivity contribution < 1.29 is 18.3 Å². The fourth-order valence-electron chi connectivity index (χ4n) is 2.25. The molecule has 1 aliphatic heterocycles. The van der Waals surface area contributed by atoms with Crippen LogP contribution in [-0.4, -0.2) is 25.2 Å². The molecule has 1 aromatic rings. The van der Waals surface area contributed by atoms with Gasteiger partial charge in [-0.3, -0.25) is 4.79 Å². The lowest BCUT2D eigenvalue weighted by molar-refractivity contribution is -0.137. The number of aliphatic carboxylic acids is 1. The van der Waals surface area contributed by atoms with Gasteiger partial charge >= 0.3 is 5.97 Å². The van der Waals surface area contributed by atoms with E-state index in [1.54, 1.807) is 12.1 Å². The molecule has 1 aromatic carbocycles. The Morgan fingerprint density at radius 3 is 2.82 bits per heavy atom. The van der Waals surface area contributed by atoms with Crippen LogP contribution < -0.4 is 0 Å². The predicted molar refractivity (Wildman–Crippen MR) is 62.8 cm³/mol. The molecule has 0 radical (unpaired) electrons. The van der Waals surface area contributed by atoms with Gasteiger partial charge in [-0.2, -0.15) is 0 Å². The summed E-state index contributed by atoms with van der Waals surface area (Å²) < 4.78 is 23.7. The Hall–Kier alpha value is -1.36. The van der Waals surface area contributed by atoms with Crippen LogP contribution in [0.25, 0.3) is 0 Å². The quantitative estimate of drug-likeness (QED) is 0.891. The first-order valence-electron chi connectivity index (χ1n) is 5.45. The smallest absolute Gasteiger partial charge is 0.303 e. The fourth-order valence-corrected chi connectivity index (χ4v) is 4.17. The van der Waals surface area contributed by atoms with E-state index in [0.717, 1.165) is 11.1 Å². The molecular formula is C12H14O4S. The zero-order valence-corrected chi connectivity index (χ0v) is 10.3. The van der Waals surface area contributed by atoms with Crippen molar-refractivity contribution in [3.05, 3.63) is 29.3 Å². The van der Waals surface area contributed by atoms with Crippen LogP contribution in [0.3, 0.4) is 0 Å². The highest BCUT2D eigenvalue weighted by Crippen LogP contribution is 2.37.